The lowest BCUT2D eigenvalue weighted by molar-refractivity contribution is -0.113. The fourth-order valence-electron chi connectivity index (χ4n) is 4.00. The molecule has 1 N–H and O–H groups in total. The van der Waals surface area contributed by atoms with Crippen molar-refractivity contribution in [1.29, 1.82) is 0 Å². The number of benzene rings is 1. The molecular weight excluding hydrogens is 454 g/mol. The van der Waals surface area contributed by atoms with Crippen molar-refractivity contribution in [3.8, 4) is 22.1 Å². The lowest BCUT2D eigenvalue weighted by atomic mass is 10.2. The van der Waals surface area contributed by atoms with Crippen LogP contribution in [-0.2, 0) is 24.3 Å². The van der Waals surface area contributed by atoms with Crippen LogP contribution in [0.2, 0.25) is 0 Å². The van der Waals surface area contributed by atoms with Gasteiger partial charge in [-0.3, -0.25) is 4.79 Å². The SMILES string of the molecule is CCn1c(SCC(=O)Nc2ccc(-c3nnc4n3CCCCC4)cc2)nnc1-c1cccs1. The number of anilines is 1. The monoisotopic (exact) mass is 479 g/mol. The van der Waals surface area contributed by atoms with E-state index in [1.165, 1.54) is 24.6 Å². The maximum atomic E-state index is 12.6. The number of nitrogens with zero attached hydrogens (tertiary/aromatic N) is 6. The number of hydrogen-bond acceptors (Lipinski definition) is 7. The number of fused-ring (bicyclic) bond motifs is 1. The van der Waals surface area contributed by atoms with E-state index in [0.717, 1.165) is 64.7 Å². The summed E-state index contributed by atoms with van der Waals surface area (Å²) in [4.78, 5) is 13.6. The molecule has 5 rings (SSSR count). The maximum Gasteiger partial charge on any atom is 0.234 e. The zero-order valence-electron chi connectivity index (χ0n) is 18.4. The first-order valence-electron chi connectivity index (χ1n) is 11.1. The predicted molar refractivity (Wildman–Crippen MR) is 131 cm³/mol. The molecule has 4 aromatic rings. The van der Waals surface area contributed by atoms with E-state index in [0.29, 0.717) is 0 Å². The number of thiophene rings is 1. The number of amides is 1. The molecule has 8 nitrogen and oxygen atoms in total. The Hall–Kier alpha value is -2.98. The van der Waals surface area contributed by atoms with E-state index in [1.807, 2.05) is 46.3 Å². The van der Waals surface area contributed by atoms with Gasteiger partial charge in [-0.15, -0.1) is 31.7 Å². The molecule has 33 heavy (non-hydrogen) atoms. The Morgan fingerprint density at radius 1 is 1.06 bits per heavy atom. The molecule has 0 saturated carbocycles. The lowest BCUT2D eigenvalue weighted by Crippen LogP contribution is -2.14. The Morgan fingerprint density at radius 2 is 1.91 bits per heavy atom. The largest absolute Gasteiger partial charge is 0.325 e. The molecule has 0 fully saturated rings. The first-order chi connectivity index (χ1) is 16.2. The van der Waals surface area contributed by atoms with Gasteiger partial charge in [0.1, 0.15) is 5.82 Å². The number of thioether (sulfide) groups is 1. The Morgan fingerprint density at radius 3 is 2.70 bits per heavy atom. The molecule has 0 radical (unpaired) electrons. The van der Waals surface area contributed by atoms with Crippen molar-refractivity contribution in [2.24, 2.45) is 0 Å². The van der Waals surface area contributed by atoms with Crippen molar-refractivity contribution < 1.29 is 4.79 Å². The highest BCUT2D eigenvalue weighted by Gasteiger charge is 2.17. The Kier molecular flexibility index (Phi) is 6.54. The first kappa shape index (κ1) is 21.8. The van der Waals surface area contributed by atoms with Crippen LogP contribution in [0, 0.1) is 0 Å². The molecule has 0 spiro atoms. The number of aryl methyl sites for hydroxylation is 1. The van der Waals surface area contributed by atoms with E-state index in [4.69, 9.17) is 0 Å². The average molecular weight is 480 g/mol. The summed E-state index contributed by atoms with van der Waals surface area (Å²) in [6, 6.07) is 11.8. The minimum absolute atomic E-state index is 0.0765. The summed E-state index contributed by atoms with van der Waals surface area (Å²) in [5, 5.41) is 23.1. The van der Waals surface area contributed by atoms with Crippen molar-refractivity contribution in [2.45, 2.75) is 50.9 Å². The van der Waals surface area contributed by atoms with Gasteiger partial charge in [0.25, 0.3) is 0 Å². The van der Waals surface area contributed by atoms with E-state index in [1.54, 1.807) is 11.3 Å². The number of nitrogens with one attached hydrogen (secondary N) is 1. The molecule has 1 aliphatic rings. The fraction of sp³-hybridized carbons (Fsp3) is 0.348. The average Bonchev–Trinajstić information content (AvgIpc) is 3.55. The van der Waals surface area contributed by atoms with Gasteiger partial charge in [-0.25, -0.2) is 0 Å². The smallest absolute Gasteiger partial charge is 0.234 e. The zero-order valence-corrected chi connectivity index (χ0v) is 20.0. The summed E-state index contributed by atoms with van der Waals surface area (Å²) in [7, 11) is 0. The molecule has 4 heterocycles. The molecule has 3 aromatic heterocycles. The maximum absolute atomic E-state index is 12.6. The molecule has 0 saturated heterocycles. The van der Waals surface area contributed by atoms with E-state index in [9.17, 15) is 4.79 Å². The molecule has 170 valence electrons. The third-order valence-electron chi connectivity index (χ3n) is 5.64. The van der Waals surface area contributed by atoms with Gasteiger partial charge in [0.05, 0.1) is 10.6 Å². The molecule has 1 aliphatic heterocycles. The van der Waals surface area contributed by atoms with Gasteiger partial charge in [0.15, 0.2) is 16.8 Å². The molecule has 0 aliphatic carbocycles. The van der Waals surface area contributed by atoms with E-state index < -0.39 is 0 Å². The van der Waals surface area contributed by atoms with Crippen molar-refractivity contribution in [3.63, 3.8) is 0 Å². The second kappa shape index (κ2) is 9.88. The van der Waals surface area contributed by atoms with Crippen LogP contribution in [-0.4, -0.2) is 41.2 Å². The van der Waals surface area contributed by atoms with E-state index in [2.05, 4.69) is 37.2 Å². The summed E-state index contributed by atoms with van der Waals surface area (Å²) in [6.45, 7) is 3.77. The van der Waals surface area contributed by atoms with Crippen LogP contribution in [0.3, 0.4) is 0 Å². The van der Waals surface area contributed by atoms with Crippen LogP contribution >= 0.6 is 23.1 Å². The van der Waals surface area contributed by atoms with Crippen LogP contribution in [0.4, 0.5) is 5.69 Å². The number of aromatic nitrogens is 6. The topological polar surface area (TPSA) is 90.5 Å². The highest BCUT2D eigenvalue weighted by Crippen LogP contribution is 2.28. The van der Waals surface area contributed by atoms with Gasteiger partial charge in [0.2, 0.25) is 5.91 Å². The van der Waals surface area contributed by atoms with E-state index in [-0.39, 0.29) is 11.7 Å². The van der Waals surface area contributed by atoms with Crippen LogP contribution in [0.1, 0.15) is 32.0 Å². The number of rotatable bonds is 7. The quantitative estimate of drug-likeness (QED) is 0.385. The number of carbonyl (C=O) groups excluding carboxylic acids is 1. The summed E-state index contributed by atoms with van der Waals surface area (Å²) in [5.41, 5.74) is 1.77. The summed E-state index contributed by atoms with van der Waals surface area (Å²) in [5.74, 6) is 3.01. The molecule has 0 unspecified atom stereocenters. The van der Waals surface area contributed by atoms with Crippen molar-refractivity contribution in [3.05, 3.63) is 47.6 Å². The number of carbonyl (C=O) groups is 1. The summed E-state index contributed by atoms with van der Waals surface area (Å²) >= 11 is 3.03. The van der Waals surface area contributed by atoms with Crippen LogP contribution < -0.4 is 5.32 Å². The highest BCUT2D eigenvalue weighted by molar-refractivity contribution is 7.99. The van der Waals surface area contributed by atoms with Crippen molar-refractivity contribution >= 4 is 34.7 Å². The molecule has 1 aromatic carbocycles. The van der Waals surface area contributed by atoms with Gasteiger partial charge in [0, 0.05) is 30.8 Å². The van der Waals surface area contributed by atoms with Crippen molar-refractivity contribution in [2.75, 3.05) is 11.1 Å². The molecule has 0 atom stereocenters. The second-order valence-corrected chi connectivity index (χ2v) is 9.73. The van der Waals surface area contributed by atoms with Crippen LogP contribution in [0.25, 0.3) is 22.1 Å². The van der Waals surface area contributed by atoms with Crippen LogP contribution in [0.15, 0.2) is 46.9 Å². The van der Waals surface area contributed by atoms with E-state index >= 15 is 0 Å². The fourth-order valence-corrected chi connectivity index (χ4v) is 5.52. The summed E-state index contributed by atoms with van der Waals surface area (Å²) in [6.07, 6.45) is 4.55. The van der Waals surface area contributed by atoms with Gasteiger partial charge < -0.3 is 14.5 Å². The first-order valence-corrected chi connectivity index (χ1v) is 13.0. The van der Waals surface area contributed by atoms with Crippen LogP contribution in [0.5, 0.6) is 0 Å². The molecule has 1 amide bonds. The lowest BCUT2D eigenvalue weighted by Gasteiger charge is -2.09. The predicted octanol–water partition coefficient (Wildman–Crippen LogP) is 4.74. The second-order valence-electron chi connectivity index (χ2n) is 7.84. The number of hydrogen-bond donors (Lipinski definition) is 1. The summed E-state index contributed by atoms with van der Waals surface area (Å²) < 4.78 is 4.27. The van der Waals surface area contributed by atoms with Gasteiger partial charge >= 0.3 is 0 Å². The third-order valence-corrected chi connectivity index (χ3v) is 7.48. The zero-order chi connectivity index (χ0) is 22.6. The molecule has 0 bridgehead atoms. The van der Waals surface area contributed by atoms with Gasteiger partial charge in [-0.2, -0.15) is 0 Å². The van der Waals surface area contributed by atoms with Gasteiger partial charge in [-0.05, 0) is 55.5 Å². The standard InChI is InChI=1S/C23H25N7OS2/c1-2-29-22(18-7-6-14-32-18)27-28-23(29)33-15-20(31)24-17-11-9-16(10-12-17)21-26-25-19-8-4-3-5-13-30(19)21/h6-7,9-12,14H,2-5,8,13,15H2,1H3,(H,24,31). The Labute approximate surface area is 200 Å². The Balaban J connectivity index is 1.21. The van der Waals surface area contributed by atoms with Gasteiger partial charge in [-0.1, -0.05) is 24.2 Å². The molecular formula is C23H25N7OS2. The van der Waals surface area contributed by atoms with Crippen molar-refractivity contribution in [1.82, 2.24) is 29.5 Å². The minimum Gasteiger partial charge on any atom is -0.325 e. The third kappa shape index (κ3) is 4.72. The highest BCUT2D eigenvalue weighted by atomic mass is 32.2. The molecule has 10 heteroatoms. The normalized spacial score (nSPS) is 13.5. The Bertz CT molecular complexity index is 1230. The minimum atomic E-state index is -0.0765.